The van der Waals surface area contributed by atoms with Crippen LogP contribution in [0.1, 0.15) is 42.7 Å². The first-order valence-corrected chi connectivity index (χ1v) is 11.9. The highest BCUT2D eigenvalue weighted by atomic mass is 32.2. The molecule has 3 rings (SSSR count). The summed E-state index contributed by atoms with van der Waals surface area (Å²) in [6.07, 6.45) is 2.71. The Kier molecular flexibility index (Phi) is 7.97. The van der Waals surface area contributed by atoms with Crippen molar-refractivity contribution in [1.29, 1.82) is 0 Å². The SMILES string of the molecule is Cc1cccc(-c2nc(CO[C@H]3CCC[C@@H](OCCNS(=O)(=O)C(F)(F)F)C3)c(C)o2)c1. The number of nitrogens with one attached hydrogen (secondary N) is 1. The summed E-state index contributed by atoms with van der Waals surface area (Å²) in [6, 6.07) is 7.86. The maximum Gasteiger partial charge on any atom is 0.511 e. The van der Waals surface area contributed by atoms with Gasteiger partial charge in [0.15, 0.2) is 0 Å². The molecule has 1 aliphatic rings. The molecule has 1 N–H and O–H groups in total. The fourth-order valence-electron chi connectivity index (χ4n) is 3.55. The van der Waals surface area contributed by atoms with Crippen LogP contribution >= 0.6 is 0 Å². The van der Waals surface area contributed by atoms with Crippen molar-refractivity contribution in [2.45, 2.75) is 63.9 Å². The van der Waals surface area contributed by atoms with E-state index in [0.717, 1.165) is 30.4 Å². The first-order chi connectivity index (χ1) is 15.0. The topological polar surface area (TPSA) is 90.7 Å². The molecule has 1 aromatic heterocycles. The van der Waals surface area contributed by atoms with Crippen LogP contribution in [0, 0.1) is 13.8 Å². The van der Waals surface area contributed by atoms with Gasteiger partial charge in [-0.2, -0.15) is 13.2 Å². The van der Waals surface area contributed by atoms with Gasteiger partial charge < -0.3 is 13.9 Å². The summed E-state index contributed by atoms with van der Waals surface area (Å²) in [5.74, 6) is 1.22. The van der Waals surface area contributed by atoms with Crippen molar-refractivity contribution in [3.8, 4) is 11.5 Å². The molecule has 1 heterocycles. The second kappa shape index (κ2) is 10.3. The smallest absolute Gasteiger partial charge is 0.441 e. The molecule has 2 aromatic rings. The Morgan fingerprint density at radius 3 is 2.59 bits per heavy atom. The lowest BCUT2D eigenvalue weighted by Gasteiger charge is -2.29. The molecule has 0 saturated heterocycles. The quantitative estimate of drug-likeness (QED) is 0.545. The van der Waals surface area contributed by atoms with Gasteiger partial charge in [-0.05, 0) is 51.7 Å². The van der Waals surface area contributed by atoms with Crippen LogP contribution in [0.25, 0.3) is 11.5 Å². The molecule has 7 nitrogen and oxygen atoms in total. The third-order valence-corrected chi connectivity index (χ3v) is 6.44. The van der Waals surface area contributed by atoms with Crippen molar-refractivity contribution < 1.29 is 35.5 Å². The van der Waals surface area contributed by atoms with Crippen LogP contribution in [-0.2, 0) is 26.1 Å². The molecule has 0 aliphatic heterocycles. The molecule has 11 heteroatoms. The zero-order valence-electron chi connectivity index (χ0n) is 17.9. The van der Waals surface area contributed by atoms with Gasteiger partial charge in [-0.25, -0.2) is 18.1 Å². The fourth-order valence-corrected chi connectivity index (χ4v) is 4.06. The second-order valence-electron chi connectivity index (χ2n) is 7.83. The average molecular weight is 477 g/mol. The zero-order chi connectivity index (χ0) is 23.4. The van der Waals surface area contributed by atoms with E-state index in [0.29, 0.717) is 23.8 Å². The molecular weight excluding hydrogens is 449 g/mol. The van der Waals surface area contributed by atoms with Crippen molar-refractivity contribution in [2.75, 3.05) is 13.2 Å². The lowest BCUT2D eigenvalue weighted by Crippen LogP contribution is -2.39. The Bertz CT molecular complexity index is 1010. The summed E-state index contributed by atoms with van der Waals surface area (Å²) in [7, 11) is -5.35. The molecule has 1 aromatic carbocycles. The number of hydrogen-bond acceptors (Lipinski definition) is 6. The zero-order valence-corrected chi connectivity index (χ0v) is 18.8. The molecule has 0 spiro atoms. The highest BCUT2D eigenvalue weighted by molar-refractivity contribution is 7.90. The number of nitrogens with zero attached hydrogens (tertiary/aromatic N) is 1. The number of aromatic nitrogens is 1. The Balaban J connectivity index is 1.46. The highest BCUT2D eigenvalue weighted by Crippen LogP contribution is 2.27. The summed E-state index contributed by atoms with van der Waals surface area (Å²) < 4.78 is 77.8. The summed E-state index contributed by atoms with van der Waals surface area (Å²) in [5.41, 5.74) is -2.61. The minimum absolute atomic E-state index is 0.0841. The summed E-state index contributed by atoms with van der Waals surface area (Å²) in [5, 5.41) is 0. The minimum atomic E-state index is -5.35. The molecule has 0 bridgehead atoms. The van der Waals surface area contributed by atoms with E-state index in [1.807, 2.05) is 38.1 Å². The van der Waals surface area contributed by atoms with E-state index in [1.54, 1.807) is 0 Å². The standard InChI is InChI=1S/C21H27F3N2O5S/c1-14-5-3-6-16(11-14)20-26-19(15(2)31-20)13-30-18-8-4-7-17(12-18)29-10-9-25-32(27,28)21(22,23)24/h3,5-6,11,17-18,25H,4,7-10,12-13H2,1-2H3/t17-,18+/m1/s1. The van der Waals surface area contributed by atoms with Crippen LogP contribution in [0.5, 0.6) is 0 Å². The molecule has 178 valence electrons. The van der Waals surface area contributed by atoms with E-state index in [1.165, 1.54) is 4.72 Å². The van der Waals surface area contributed by atoms with Crippen LogP contribution in [0.3, 0.4) is 0 Å². The number of alkyl halides is 3. The summed E-state index contributed by atoms with van der Waals surface area (Å²) in [4.78, 5) is 4.55. The normalized spacial score (nSPS) is 19.9. The lowest BCUT2D eigenvalue weighted by atomic mass is 9.95. The van der Waals surface area contributed by atoms with Gasteiger partial charge in [0.05, 0.1) is 25.4 Å². The molecule has 1 aliphatic carbocycles. The number of hydrogen-bond donors (Lipinski definition) is 1. The lowest BCUT2D eigenvalue weighted by molar-refractivity contribution is -0.0513. The van der Waals surface area contributed by atoms with Gasteiger partial charge in [0.25, 0.3) is 0 Å². The van der Waals surface area contributed by atoms with E-state index in [-0.39, 0.29) is 25.4 Å². The van der Waals surface area contributed by atoms with Crippen molar-refractivity contribution in [2.24, 2.45) is 0 Å². The largest absolute Gasteiger partial charge is 0.511 e. The number of benzene rings is 1. The van der Waals surface area contributed by atoms with Gasteiger partial charge in [0.2, 0.25) is 5.89 Å². The molecular formula is C21H27F3N2O5S. The molecule has 2 atom stereocenters. The Hall–Kier alpha value is -1.95. The fraction of sp³-hybridized carbons (Fsp3) is 0.571. The van der Waals surface area contributed by atoms with Crippen molar-refractivity contribution >= 4 is 10.0 Å². The first kappa shape index (κ1) is 24.7. The summed E-state index contributed by atoms with van der Waals surface area (Å²) >= 11 is 0. The third-order valence-electron chi connectivity index (χ3n) is 5.24. The minimum Gasteiger partial charge on any atom is -0.441 e. The molecule has 1 saturated carbocycles. The molecule has 0 radical (unpaired) electrons. The maximum atomic E-state index is 12.3. The Morgan fingerprint density at radius 1 is 1.19 bits per heavy atom. The third kappa shape index (κ3) is 6.53. The second-order valence-corrected chi connectivity index (χ2v) is 9.59. The molecule has 1 fully saturated rings. The van der Waals surface area contributed by atoms with E-state index in [9.17, 15) is 21.6 Å². The van der Waals surface area contributed by atoms with Gasteiger partial charge in [-0.3, -0.25) is 0 Å². The van der Waals surface area contributed by atoms with Crippen molar-refractivity contribution in [3.63, 3.8) is 0 Å². The average Bonchev–Trinajstić information content (AvgIpc) is 3.10. The van der Waals surface area contributed by atoms with E-state index in [2.05, 4.69) is 4.98 Å². The van der Waals surface area contributed by atoms with Crippen LogP contribution in [-0.4, -0.2) is 44.3 Å². The maximum absolute atomic E-state index is 12.3. The Labute approximate surface area is 185 Å². The van der Waals surface area contributed by atoms with Crippen molar-refractivity contribution in [1.82, 2.24) is 9.71 Å². The molecule has 0 unspecified atom stereocenters. The number of ether oxygens (including phenoxy) is 2. The van der Waals surface area contributed by atoms with E-state index < -0.39 is 22.1 Å². The number of aryl methyl sites for hydroxylation is 2. The van der Waals surface area contributed by atoms with Gasteiger partial charge in [0, 0.05) is 12.1 Å². The Morgan fingerprint density at radius 2 is 1.91 bits per heavy atom. The number of sulfonamides is 1. The van der Waals surface area contributed by atoms with E-state index in [4.69, 9.17) is 13.9 Å². The van der Waals surface area contributed by atoms with Gasteiger partial charge in [-0.1, -0.05) is 17.7 Å². The number of rotatable bonds is 9. The summed E-state index contributed by atoms with van der Waals surface area (Å²) in [6.45, 7) is 3.53. The van der Waals surface area contributed by atoms with Crippen molar-refractivity contribution in [3.05, 3.63) is 41.3 Å². The van der Waals surface area contributed by atoms with E-state index >= 15 is 0 Å². The van der Waals surface area contributed by atoms with Gasteiger partial charge in [-0.15, -0.1) is 0 Å². The van der Waals surface area contributed by atoms with Crippen LogP contribution in [0.15, 0.2) is 28.7 Å². The predicted octanol–water partition coefficient (Wildman–Crippen LogP) is 4.24. The van der Waals surface area contributed by atoms with Crippen LogP contribution < -0.4 is 4.72 Å². The number of halogens is 3. The first-order valence-electron chi connectivity index (χ1n) is 10.4. The monoisotopic (exact) mass is 476 g/mol. The van der Waals surface area contributed by atoms with Crippen LogP contribution in [0.4, 0.5) is 13.2 Å². The van der Waals surface area contributed by atoms with Crippen LogP contribution in [0.2, 0.25) is 0 Å². The van der Waals surface area contributed by atoms with Gasteiger partial charge >= 0.3 is 15.5 Å². The molecule has 0 amide bonds. The predicted molar refractivity (Wildman–Crippen MR) is 111 cm³/mol. The highest BCUT2D eigenvalue weighted by Gasteiger charge is 2.45. The number of oxazole rings is 1. The molecule has 32 heavy (non-hydrogen) atoms. The van der Waals surface area contributed by atoms with Gasteiger partial charge in [0.1, 0.15) is 11.5 Å².